The fourth-order valence-corrected chi connectivity index (χ4v) is 0.782. The third-order valence-electron chi connectivity index (χ3n) is 1.92. The van der Waals surface area contributed by atoms with Gasteiger partial charge in [0.1, 0.15) is 0 Å². The van der Waals surface area contributed by atoms with E-state index in [9.17, 15) is 5.11 Å². The topological polar surface area (TPSA) is 32.6 Å². The second kappa shape index (κ2) is 6.36. The summed E-state index contributed by atoms with van der Waals surface area (Å²) in [5.41, 5.74) is 0.111. The van der Waals surface area contributed by atoms with Gasteiger partial charge in [-0.25, -0.2) is 0 Å². The molecule has 0 aliphatic heterocycles. The number of hydrogen-bond donors (Lipinski definition) is 1. The minimum absolute atomic E-state index is 0. The van der Waals surface area contributed by atoms with Crippen LogP contribution < -0.4 is 0 Å². The minimum atomic E-state index is -0.718. The summed E-state index contributed by atoms with van der Waals surface area (Å²) in [7, 11) is 0. The second-order valence-electron chi connectivity index (χ2n) is 3.44. The van der Waals surface area contributed by atoms with Crippen LogP contribution in [0.25, 0.3) is 0 Å². The average molecular weight is 322 g/mol. The van der Waals surface area contributed by atoms with Crippen LogP contribution in [0.5, 0.6) is 0 Å². The summed E-state index contributed by atoms with van der Waals surface area (Å²) < 4.78 is 0. The Kier molecular flexibility index (Phi) is 8.14. The summed E-state index contributed by atoms with van der Waals surface area (Å²) in [4.78, 5) is 4.29. The molecule has 0 spiro atoms. The first-order chi connectivity index (χ1) is 4.90. The number of hydrogen-bond acceptors (Lipinski definition) is 2. The van der Waals surface area contributed by atoms with Crippen molar-refractivity contribution in [3.63, 3.8) is 0 Å². The van der Waals surface area contributed by atoms with Gasteiger partial charge in [0.25, 0.3) is 0 Å². The molecule has 1 unspecified atom stereocenters. The monoisotopic (exact) mass is 322 g/mol. The first-order valence-corrected chi connectivity index (χ1v) is 4.17. The van der Waals surface area contributed by atoms with E-state index in [2.05, 4.69) is 4.99 Å². The summed E-state index contributed by atoms with van der Waals surface area (Å²) in [5, 5.41) is 9.71. The maximum absolute atomic E-state index is 9.71. The standard InChI is InChI=1S/C9H19NO.Ho/c1-6-9(5,11)8(4)10-7(2)3;/h7,11H,6H2,1-5H3;. The van der Waals surface area contributed by atoms with E-state index in [1.54, 1.807) is 6.92 Å². The number of nitrogens with zero attached hydrogens (tertiary/aromatic N) is 1. The first-order valence-electron chi connectivity index (χ1n) is 4.17. The van der Waals surface area contributed by atoms with Crippen molar-refractivity contribution in [2.45, 2.75) is 52.7 Å². The van der Waals surface area contributed by atoms with Crippen LogP contribution in [-0.2, 0) is 0 Å². The molecule has 0 amide bonds. The van der Waals surface area contributed by atoms with Gasteiger partial charge >= 0.3 is 0 Å². The molecule has 0 aliphatic carbocycles. The maximum Gasteiger partial charge on any atom is 0.0989 e. The summed E-state index contributed by atoms with van der Waals surface area (Å²) >= 11 is 0. The van der Waals surface area contributed by atoms with Crippen LogP contribution >= 0.6 is 0 Å². The predicted molar refractivity (Wildman–Crippen MR) is 49.2 cm³/mol. The molecule has 0 aromatic carbocycles. The van der Waals surface area contributed by atoms with Crippen molar-refractivity contribution >= 4 is 5.71 Å². The number of aliphatic imine (C=N–C) groups is 1. The Bertz CT molecular complexity index is 153. The van der Waals surface area contributed by atoms with Crippen LogP contribution in [0.4, 0.5) is 0 Å². The first kappa shape index (κ1) is 15.4. The normalized spacial score (nSPS) is 17.1. The average Bonchev–Trinajstić information content (AvgIpc) is 1.86. The molecule has 0 bridgehead atoms. The molecule has 0 fully saturated rings. The van der Waals surface area contributed by atoms with Crippen molar-refractivity contribution in [3.8, 4) is 0 Å². The fourth-order valence-electron chi connectivity index (χ4n) is 0.782. The largest absolute Gasteiger partial charge is 0.384 e. The van der Waals surface area contributed by atoms with Crippen LogP contribution in [0.15, 0.2) is 4.99 Å². The third-order valence-corrected chi connectivity index (χ3v) is 1.92. The molecule has 0 aromatic rings. The smallest absolute Gasteiger partial charge is 0.0989 e. The maximum atomic E-state index is 9.71. The van der Waals surface area contributed by atoms with E-state index in [0.717, 1.165) is 12.1 Å². The van der Waals surface area contributed by atoms with E-state index >= 15 is 0 Å². The quantitative estimate of drug-likeness (QED) is 0.626. The molecule has 0 heterocycles. The second-order valence-corrected chi connectivity index (χ2v) is 3.44. The molecule has 0 saturated carbocycles. The van der Waals surface area contributed by atoms with Crippen molar-refractivity contribution in [1.82, 2.24) is 0 Å². The number of aliphatic hydroxyl groups is 1. The van der Waals surface area contributed by atoms with Gasteiger partial charge in [-0.15, -0.1) is 0 Å². The molecular formula is C9H19HoNO. The van der Waals surface area contributed by atoms with Gasteiger partial charge in [0.15, 0.2) is 0 Å². The molecule has 3 heteroatoms. The van der Waals surface area contributed by atoms with Crippen molar-refractivity contribution in [1.29, 1.82) is 0 Å². The van der Waals surface area contributed by atoms with E-state index in [-0.39, 0.29) is 43.8 Å². The van der Waals surface area contributed by atoms with Gasteiger partial charge in [0.2, 0.25) is 0 Å². The third kappa shape index (κ3) is 5.52. The van der Waals surface area contributed by atoms with Gasteiger partial charge in [-0.05, 0) is 34.1 Å². The fraction of sp³-hybridized carbons (Fsp3) is 0.889. The van der Waals surface area contributed by atoms with Crippen LogP contribution in [0.2, 0.25) is 0 Å². The van der Waals surface area contributed by atoms with Crippen LogP contribution in [-0.4, -0.2) is 22.5 Å². The van der Waals surface area contributed by atoms with Crippen molar-refractivity contribution < 1.29 is 42.8 Å². The van der Waals surface area contributed by atoms with Crippen molar-refractivity contribution in [3.05, 3.63) is 0 Å². The number of rotatable bonds is 3. The van der Waals surface area contributed by atoms with Gasteiger partial charge in [0, 0.05) is 49.5 Å². The van der Waals surface area contributed by atoms with Gasteiger partial charge < -0.3 is 5.11 Å². The van der Waals surface area contributed by atoms with E-state index < -0.39 is 5.60 Å². The predicted octanol–water partition coefficient (Wildman–Crippen LogP) is 2.02. The zero-order valence-electron chi connectivity index (χ0n) is 8.48. The Morgan fingerprint density at radius 3 is 2.17 bits per heavy atom. The Morgan fingerprint density at radius 1 is 1.50 bits per heavy atom. The van der Waals surface area contributed by atoms with Gasteiger partial charge in [-0.2, -0.15) is 0 Å². The molecule has 12 heavy (non-hydrogen) atoms. The Labute approximate surface area is 105 Å². The van der Waals surface area contributed by atoms with Crippen LogP contribution in [0.1, 0.15) is 41.0 Å². The SMILES string of the molecule is CCC(C)(O)C(C)=NC(C)C.[Ho]. The molecule has 0 saturated heterocycles. The molecule has 1 radical (unpaired) electrons. The van der Waals surface area contributed by atoms with Gasteiger partial charge in [-0.1, -0.05) is 6.92 Å². The van der Waals surface area contributed by atoms with E-state index in [1.165, 1.54) is 0 Å². The molecule has 77 valence electrons. The molecule has 1 N–H and O–H groups in total. The summed E-state index contributed by atoms with van der Waals surface area (Å²) in [6.07, 6.45) is 0.717. The summed E-state index contributed by atoms with van der Waals surface area (Å²) in [5.74, 6) is 0. The molecule has 0 aliphatic rings. The van der Waals surface area contributed by atoms with Gasteiger partial charge in [-0.3, -0.25) is 4.99 Å². The van der Waals surface area contributed by atoms with E-state index in [1.807, 2.05) is 27.7 Å². The van der Waals surface area contributed by atoms with Gasteiger partial charge in [0.05, 0.1) is 5.60 Å². The summed E-state index contributed by atoms with van der Waals surface area (Å²) in [6, 6.07) is 0.271. The van der Waals surface area contributed by atoms with Crippen LogP contribution in [0, 0.1) is 37.7 Å². The molecule has 0 rings (SSSR count). The Hall–Kier alpha value is 0.890. The molecule has 2 nitrogen and oxygen atoms in total. The Morgan fingerprint density at radius 2 is 1.92 bits per heavy atom. The Balaban J connectivity index is 0. The van der Waals surface area contributed by atoms with Crippen molar-refractivity contribution in [2.75, 3.05) is 0 Å². The van der Waals surface area contributed by atoms with E-state index in [0.29, 0.717) is 0 Å². The zero-order chi connectivity index (χ0) is 9.07. The summed E-state index contributed by atoms with van der Waals surface area (Å²) in [6.45, 7) is 9.65. The molecule has 0 aromatic heterocycles. The zero-order valence-corrected chi connectivity index (χ0v) is 10.4. The molecule has 1 atom stereocenters. The molecular weight excluding hydrogens is 303 g/mol. The van der Waals surface area contributed by atoms with E-state index in [4.69, 9.17) is 0 Å². The minimum Gasteiger partial charge on any atom is -0.384 e. The van der Waals surface area contributed by atoms with Crippen molar-refractivity contribution in [2.24, 2.45) is 4.99 Å². The van der Waals surface area contributed by atoms with Crippen LogP contribution in [0.3, 0.4) is 0 Å².